The second-order valence-corrected chi connectivity index (χ2v) is 7.42. The largest absolute Gasteiger partial charge is 0.417 e. The minimum absolute atomic E-state index is 0.0742. The van der Waals surface area contributed by atoms with E-state index in [0.717, 1.165) is 39.3 Å². The van der Waals surface area contributed by atoms with E-state index in [0.29, 0.717) is 0 Å². The normalized spacial score (nSPS) is 11.9. The van der Waals surface area contributed by atoms with Crippen molar-refractivity contribution in [3.63, 3.8) is 0 Å². The first-order valence-electron chi connectivity index (χ1n) is 8.73. The number of carbonyl (C=O) groups excluding carboxylic acids is 1. The summed E-state index contributed by atoms with van der Waals surface area (Å²) >= 11 is 1.33. The van der Waals surface area contributed by atoms with Crippen LogP contribution in [0.25, 0.3) is 10.9 Å². The molecule has 1 N–H and O–H groups in total. The highest BCUT2D eigenvalue weighted by molar-refractivity contribution is 8.00. The Kier molecular flexibility index (Phi) is 6.22. The number of fused-ring (bicyclic) bond motifs is 1. The van der Waals surface area contributed by atoms with Crippen LogP contribution in [0, 0.1) is 13.8 Å². The number of aromatic nitrogens is 1. The Morgan fingerprint density at radius 2 is 1.93 bits per heavy atom. The van der Waals surface area contributed by atoms with Gasteiger partial charge in [-0.25, -0.2) is 5.43 Å². The monoisotopic (exact) mass is 417 g/mol. The summed E-state index contributed by atoms with van der Waals surface area (Å²) in [6.07, 6.45) is -3.48. The average molecular weight is 417 g/mol. The highest BCUT2D eigenvalue weighted by Gasteiger charge is 2.32. The van der Waals surface area contributed by atoms with Crippen LogP contribution in [0.3, 0.4) is 0 Å². The summed E-state index contributed by atoms with van der Waals surface area (Å²) in [5.41, 5.74) is 4.14. The van der Waals surface area contributed by atoms with Crippen molar-refractivity contribution in [2.24, 2.45) is 5.10 Å². The molecule has 3 rings (SSSR count). The minimum atomic E-state index is -4.49. The topological polar surface area (TPSA) is 54.4 Å². The van der Waals surface area contributed by atoms with Crippen molar-refractivity contribution >= 4 is 34.8 Å². The molecule has 2 aromatic carbocycles. The van der Waals surface area contributed by atoms with Crippen molar-refractivity contribution < 1.29 is 18.0 Å². The van der Waals surface area contributed by atoms with Crippen LogP contribution in [-0.4, -0.2) is 22.9 Å². The lowest BCUT2D eigenvalue weighted by Crippen LogP contribution is -2.20. The number of rotatable bonds is 5. The zero-order valence-electron chi connectivity index (χ0n) is 15.7. The third kappa shape index (κ3) is 5.14. The zero-order valence-corrected chi connectivity index (χ0v) is 16.6. The van der Waals surface area contributed by atoms with Crippen LogP contribution < -0.4 is 5.43 Å². The van der Waals surface area contributed by atoms with Gasteiger partial charge in [0.1, 0.15) is 0 Å². The van der Waals surface area contributed by atoms with Crippen molar-refractivity contribution in [3.05, 3.63) is 70.9 Å². The van der Waals surface area contributed by atoms with Crippen LogP contribution in [0.5, 0.6) is 0 Å². The lowest BCUT2D eigenvalue weighted by Gasteiger charge is -2.09. The number of nitrogens with zero attached hydrogens (tertiary/aromatic N) is 2. The van der Waals surface area contributed by atoms with Gasteiger partial charge < -0.3 is 0 Å². The van der Waals surface area contributed by atoms with Crippen molar-refractivity contribution in [2.45, 2.75) is 24.9 Å². The number of hydrazone groups is 1. The smallest absolute Gasteiger partial charge is 0.272 e. The molecular weight excluding hydrogens is 399 g/mol. The molecule has 0 saturated heterocycles. The van der Waals surface area contributed by atoms with E-state index in [4.69, 9.17) is 0 Å². The maximum Gasteiger partial charge on any atom is 0.417 e. The average Bonchev–Trinajstić information content (AvgIpc) is 2.66. The van der Waals surface area contributed by atoms with E-state index in [9.17, 15) is 18.0 Å². The molecule has 0 aliphatic rings. The van der Waals surface area contributed by atoms with E-state index in [2.05, 4.69) is 15.5 Å². The first-order valence-corrected chi connectivity index (χ1v) is 9.72. The molecule has 1 heterocycles. The molecule has 0 aliphatic heterocycles. The molecule has 8 heteroatoms. The van der Waals surface area contributed by atoms with E-state index < -0.39 is 17.6 Å². The molecule has 0 fully saturated rings. The Hall–Kier alpha value is -2.87. The Balaban J connectivity index is 1.67. The highest BCUT2D eigenvalue weighted by Crippen LogP contribution is 2.31. The van der Waals surface area contributed by atoms with E-state index in [1.165, 1.54) is 30.0 Å². The number of thioether (sulfide) groups is 1. The number of hydrogen-bond acceptors (Lipinski definition) is 4. The standard InChI is InChI=1S/C21H18F3N3OS/c1-13-6-5-8-16-18(10-14(2)26-20(13)16)29-12-19(28)27-25-11-15-7-3-4-9-17(15)21(22,23)24/h3-11H,12H2,1-2H3,(H,27,28)/b25-11+. The Morgan fingerprint density at radius 3 is 2.69 bits per heavy atom. The molecule has 0 bridgehead atoms. The van der Waals surface area contributed by atoms with Gasteiger partial charge in [0.05, 0.1) is 23.0 Å². The molecule has 1 aromatic heterocycles. The first-order chi connectivity index (χ1) is 13.8. The fraction of sp³-hybridized carbons (Fsp3) is 0.190. The van der Waals surface area contributed by atoms with Crippen LogP contribution in [-0.2, 0) is 11.0 Å². The number of aryl methyl sites for hydroxylation is 2. The number of alkyl halides is 3. The molecule has 4 nitrogen and oxygen atoms in total. The van der Waals surface area contributed by atoms with Crippen molar-refractivity contribution in [2.75, 3.05) is 5.75 Å². The minimum Gasteiger partial charge on any atom is -0.272 e. The summed E-state index contributed by atoms with van der Waals surface area (Å²) in [7, 11) is 0. The van der Waals surface area contributed by atoms with Crippen LogP contribution >= 0.6 is 11.8 Å². The van der Waals surface area contributed by atoms with Gasteiger partial charge in [-0.3, -0.25) is 9.78 Å². The molecule has 150 valence electrons. The molecule has 0 radical (unpaired) electrons. The lowest BCUT2D eigenvalue weighted by atomic mass is 10.1. The first kappa shape index (κ1) is 20.9. The SMILES string of the molecule is Cc1cc(SCC(=O)N/N=C/c2ccccc2C(F)(F)F)c2cccc(C)c2n1. The number of para-hydroxylation sites is 1. The molecule has 0 atom stereocenters. The number of pyridine rings is 1. The van der Waals surface area contributed by atoms with Crippen LogP contribution in [0.1, 0.15) is 22.4 Å². The van der Waals surface area contributed by atoms with Gasteiger partial charge in [-0.2, -0.15) is 18.3 Å². The van der Waals surface area contributed by atoms with Gasteiger partial charge in [0.15, 0.2) is 0 Å². The Labute approximate surface area is 170 Å². The maximum absolute atomic E-state index is 13.0. The van der Waals surface area contributed by atoms with Crippen molar-refractivity contribution in [1.82, 2.24) is 10.4 Å². The molecule has 0 unspecified atom stereocenters. The molecule has 3 aromatic rings. The summed E-state index contributed by atoms with van der Waals surface area (Å²) in [5.74, 6) is -0.337. The molecule has 1 amide bonds. The number of benzene rings is 2. The molecule has 0 aliphatic carbocycles. The Morgan fingerprint density at radius 1 is 1.17 bits per heavy atom. The van der Waals surface area contributed by atoms with Gasteiger partial charge in [0.25, 0.3) is 0 Å². The van der Waals surface area contributed by atoms with E-state index in [1.807, 2.05) is 38.1 Å². The summed E-state index contributed by atoms with van der Waals surface area (Å²) in [5, 5.41) is 4.63. The van der Waals surface area contributed by atoms with Gasteiger partial charge in [-0.15, -0.1) is 11.8 Å². The van der Waals surface area contributed by atoms with Crippen molar-refractivity contribution in [1.29, 1.82) is 0 Å². The number of halogens is 3. The summed E-state index contributed by atoms with van der Waals surface area (Å²) in [6, 6.07) is 12.8. The quantitative estimate of drug-likeness (QED) is 0.356. The van der Waals surface area contributed by atoms with Crippen LogP contribution in [0.15, 0.2) is 58.5 Å². The van der Waals surface area contributed by atoms with Crippen LogP contribution in [0.2, 0.25) is 0 Å². The summed E-state index contributed by atoms with van der Waals surface area (Å²) in [4.78, 5) is 17.6. The Bertz CT molecular complexity index is 1080. The third-order valence-corrected chi connectivity index (χ3v) is 5.20. The summed E-state index contributed by atoms with van der Waals surface area (Å²) in [6.45, 7) is 3.86. The van der Waals surface area contributed by atoms with Gasteiger partial charge in [-0.05, 0) is 31.5 Å². The highest BCUT2D eigenvalue weighted by atomic mass is 32.2. The number of amides is 1. The number of carbonyl (C=O) groups is 1. The summed E-state index contributed by atoms with van der Waals surface area (Å²) < 4.78 is 38.9. The fourth-order valence-corrected chi connectivity index (χ4v) is 3.74. The van der Waals surface area contributed by atoms with E-state index >= 15 is 0 Å². The second kappa shape index (κ2) is 8.65. The predicted octanol–water partition coefficient (Wildman–Crippen LogP) is 5.11. The molecule has 29 heavy (non-hydrogen) atoms. The van der Waals surface area contributed by atoms with Gasteiger partial charge >= 0.3 is 6.18 Å². The molecule has 0 saturated carbocycles. The number of nitrogens with one attached hydrogen (secondary N) is 1. The van der Waals surface area contributed by atoms with E-state index in [-0.39, 0.29) is 11.3 Å². The van der Waals surface area contributed by atoms with Gasteiger partial charge in [-0.1, -0.05) is 36.4 Å². The van der Waals surface area contributed by atoms with Crippen LogP contribution in [0.4, 0.5) is 13.2 Å². The van der Waals surface area contributed by atoms with E-state index in [1.54, 1.807) is 0 Å². The van der Waals surface area contributed by atoms with Crippen molar-refractivity contribution in [3.8, 4) is 0 Å². The molecule has 0 spiro atoms. The number of hydrogen-bond donors (Lipinski definition) is 1. The predicted molar refractivity (Wildman–Crippen MR) is 109 cm³/mol. The molecular formula is C21H18F3N3OS. The maximum atomic E-state index is 13.0. The van der Waals surface area contributed by atoms with Gasteiger partial charge in [0, 0.05) is 21.5 Å². The zero-order chi connectivity index (χ0) is 21.0. The third-order valence-electron chi connectivity index (χ3n) is 4.15. The van der Waals surface area contributed by atoms with Gasteiger partial charge in [0.2, 0.25) is 5.91 Å². The second-order valence-electron chi connectivity index (χ2n) is 6.40. The fourth-order valence-electron chi connectivity index (χ4n) is 2.82. The lowest BCUT2D eigenvalue weighted by molar-refractivity contribution is -0.137.